The molecule has 0 saturated heterocycles. The van der Waals surface area contributed by atoms with E-state index < -0.39 is 0 Å². The SMILES string of the molecule is CCCCCc1cc2c(c(O)c1C(=O)Nc1ccccc1)C1C=C(C)CC[C@H]1C(C)(C)O2. The van der Waals surface area contributed by atoms with Gasteiger partial charge in [-0.2, -0.15) is 0 Å². The molecule has 0 bridgehead atoms. The number of anilines is 1. The summed E-state index contributed by atoms with van der Waals surface area (Å²) in [5, 5.41) is 14.5. The average molecular weight is 434 g/mol. The van der Waals surface area contributed by atoms with Gasteiger partial charge in [-0.05, 0) is 70.2 Å². The molecule has 2 aromatic carbocycles. The number of benzene rings is 2. The Balaban J connectivity index is 1.82. The van der Waals surface area contributed by atoms with Crippen molar-refractivity contribution in [3.63, 3.8) is 0 Å². The van der Waals surface area contributed by atoms with Crippen LogP contribution >= 0.6 is 0 Å². The van der Waals surface area contributed by atoms with Crippen LogP contribution in [0.15, 0.2) is 48.0 Å². The summed E-state index contributed by atoms with van der Waals surface area (Å²) in [4.78, 5) is 13.4. The molecule has 1 unspecified atom stereocenters. The Bertz CT molecular complexity index is 1020. The highest BCUT2D eigenvalue weighted by molar-refractivity contribution is 6.07. The Morgan fingerprint density at radius 2 is 1.97 bits per heavy atom. The highest BCUT2D eigenvalue weighted by Crippen LogP contribution is 2.54. The maximum atomic E-state index is 13.4. The normalized spacial score (nSPS) is 21.1. The largest absolute Gasteiger partial charge is 0.507 e. The quantitative estimate of drug-likeness (QED) is 0.381. The molecule has 4 rings (SSSR count). The molecule has 0 aromatic heterocycles. The predicted molar refractivity (Wildman–Crippen MR) is 130 cm³/mol. The third kappa shape index (κ3) is 4.28. The van der Waals surface area contributed by atoms with Gasteiger partial charge in [0.05, 0.1) is 5.56 Å². The molecule has 0 fully saturated rings. The van der Waals surface area contributed by atoms with Crippen molar-refractivity contribution in [3.05, 3.63) is 64.7 Å². The Morgan fingerprint density at radius 3 is 2.69 bits per heavy atom. The molecule has 2 atom stereocenters. The van der Waals surface area contributed by atoms with E-state index in [2.05, 4.69) is 39.1 Å². The van der Waals surface area contributed by atoms with E-state index in [0.717, 1.165) is 61.1 Å². The maximum absolute atomic E-state index is 13.4. The van der Waals surface area contributed by atoms with E-state index in [-0.39, 0.29) is 29.1 Å². The number of carbonyl (C=O) groups is 1. The van der Waals surface area contributed by atoms with Crippen LogP contribution in [0, 0.1) is 5.92 Å². The summed E-state index contributed by atoms with van der Waals surface area (Å²) >= 11 is 0. The summed E-state index contributed by atoms with van der Waals surface area (Å²) in [6.07, 6.45) is 8.21. The van der Waals surface area contributed by atoms with Crippen molar-refractivity contribution in [1.29, 1.82) is 0 Å². The predicted octanol–water partition coefficient (Wildman–Crippen LogP) is 6.99. The van der Waals surface area contributed by atoms with E-state index in [9.17, 15) is 9.90 Å². The number of allylic oxidation sites excluding steroid dienone is 2. The zero-order valence-corrected chi connectivity index (χ0v) is 19.7. The summed E-state index contributed by atoms with van der Waals surface area (Å²) in [6.45, 7) is 8.60. The van der Waals surface area contributed by atoms with Crippen molar-refractivity contribution in [2.24, 2.45) is 5.92 Å². The van der Waals surface area contributed by atoms with Gasteiger partial charge in [0, 0.05) is 23.1 Å². The number of aromatic hydroxyl groups is 1. The van der Waals surface area contributed by atoms with Crippen LogP contribution in [0.1, 0.15) is 87.2 Å². The van der Waals surface area contributed by atoms with Crippen molar-refractivity contribution in [2.45, 2.75) is 77.7 Å². The molecule has 0 saturated carbocycles. The van der Waals surface area contributed by atoms with E-state index in [1.54, 1.807) is 0 Å². The molecular weight excluding hydrogens is 398 g/mol. The third-order valence-corrected chi connectivity index (χ3v) is 7.04. The second-order valence-electron chi connectivity index (χ2n) is 9.84. The van der Waals surface area contributed by atoms with Crippen LogP contribution in [0.2, 0.25) is 0 Å². The molecule has 1 aliphatic carbocycles. The molecule has 4 nitrogen and oxygen atoms in total. The second kappa shape index (κ2) is 9.01. The number of amides is 1. The molecular formula is C28H35NO3. The number of rotatable bonds is 6. The van der Waals surface area contributed by atoms with Gasteiger partial charge < -0.3 is 15.2 Å². The lowest BCUT2D eigenvalue weighted by molar-refractivity contribution is 0.0107. The molecule has 2 N–H and O–H groups in total. The maximum Gasteiger partial charge on any atom is 0.259 e. The van der Waals surface area contributed by atoms with Gasteiger partial charge in [0.15, 0.2) is 0 Å². The number of hydrogen-bond acceptors (Lipinski definition) is 3. The number of fused-ring (bicyclic) bond motifs is 3. The van der Waals surface area contributed by atoms with Crippen LogP contribution in [0.25, 0.3) is 0 Å². The topological polar surface area (TPSA) is 58.6 Å². The average Bonchev–Trinajstić information content (AvgIpc) is 2.73. The number of phenolic OH excluding ortho intramolecular Hbond substituents is 1. The monoisotopic (exact) mass is 433 g/mol. The molecule has 1 amide bonds. The van der Waals surface area contributed by atoms with Crippen LogP contribution in [0.4, 0.5) is 5.69 Å². The Morgan fingerprint density at radius 1 is 1.22 bits per heavy atom. The summed E-state index contributed by atoms with van der Waals surface area (Å²) in [5.74, 6) is 0.860. The van der Waals surface area contributed by atoms with Crippen molar-refractivity contribution in [3.8, 4) is 11.5 Å². The highest BCUT2D eigenvalue weighted by Gasteiger charge is 2.46. The van der Waals surface area contributed by atoms with E-state index in [1.807, 2.05) is 36.4 Å². The van der Waals surface area contributed by atoms with Gasteiger partial charge in [-0.3, -0.25) is 4.79 Å². The number of aryl methyl sites for hydroxylation is 1. The first-order valence-electron chi connectivity index (χ1n) is 11.9. The minimum Gasteiger partial charge on any atom is -0.507 e. The first kappa shape index (κ1) is 22.4. The number of phenols is 1. The van der Waals surface area contributed by atoms with Crippen molar-refractivity contribution in [1.82, 2.24) is 0 Å². The number of ether oxygens (including phenoxy) is 1. The fourth-order valence-electron chi connectivity index (χ4n) is 5.34. The van der Waals surface area contributed by atoms with Gasteiger partial charge in [0.2, 0.25) is 0 Å². The lowest BCUT2D eigenvalue weighted by Gasteiger charge is -2.46. The fraction of sp³-hybridized carbons (Fsp3) is 0.464. The number of unbranched alkanes of at least 4 members (excludes halogenated alkanes) is 2. The minimum atomic E-state index is -0.324. The van der Waals surface area contributed by atoms with Crippen LogP contribution < -0.4 is 10.1 Å². The Labute approximate surface area is 191 Å². The van der Waals surface area contributed by atoms with E-state index >= 15 is 0 Å². The number of para-hydroxylation sites is 1. The number of carbonyl (C=O) groups excluding carboxylic acids is 1. The molecule has 2 aliphatic rings. The summed E-state index contributed by atoms with van der Waals surface area (Å²) in [7, 11) is 0. The summed E-state index contributed by atoms with van der Waals surface area (Å²) in [5.41, 5.74) is 3.74. The molecule has 170 valence electrons. The van der Waals surface area contributed by atoms with Crippen LogP contribution in [0.5, 0.6) is 11.5 Å². The van der Waals surface area contributed by atoms with Crippen LogP contribution in [-0.2, 0) is 6.42 Å². The van der Waals surface area contributed by atoms with Crippen molar-refractivity contribution >= 4 is 11.6 Å². The van der Waals surface area contributed by atoms with E-state index in [1.165, 1.54) is 5.57 Å². The van der Waals surface area contributed by atoms with Gasteiger partial charge in [-0.15, -0.1) is 0 Å². The molecule has 1 aliphatic heterocycles. The van der Waals surface area contributed by atoms with Crippen LogP contribution in [0.3, 0.4) is 0 Å². The van der Waals surface area contributed by atoms with E-state index in [4.69, 9.17) is 4.74 Å². The molecule has 4 heteroatoms. The Hall–Kier alpha value is -2.75. The zero-order valence-electron chi connectivity index (χ0n) is 19.7. The molecule has 0 radical (unpaired) electrons. The smallest absolute Gasteiger partial charge is 0.259 e. The second-order valence-corrected chi connectivity index (χ2v) is 9.84. The molecule has 2 aromatic rings. The van der Waals surface area contributed by atoms with Gasteiger partial charge in [-0.1, -0.05) is 49.6 Å². The van der Waals surface area contributed by atoms with Gasteiger partial charge in [-0.25, -0.2) is 0 Å². The van der Waals surface area contributed by atoms with Crippen molar-refractivity contribution < 1.29 is 14.6 Å². The van der Waals surface area contributed by atoms with Crippen LogP contribution in [-0.4, -0.2) is 16.6 Å². The standard InChI is InChI=1S/C28H35NO3/c1-5-6-8-11-19-17-23-25(21-16-18(2)14-15-22(21)28(3,4)32-23)26(30)24(19)27(31)29-20-12-9-7-10-13-20/h7,9-10,12-13,16-17,21-22,30H,5-6,8,11,14-15H2,1-4H3,(H,29,31)/t21?,22-/m1/s1. The highest BCUT2D eigenvalue weighted by atomic mass is 16.5. The lowest BCUT2D eigenvalue weighted by atomic mass is 9.67. The molecule has 1 heterocycles. The fourth-order valence-corrected chi connectivity index (χ4v) is 5.34. The zero-order chi connectivity index (χ0) is 22.9. The summed E-state index contributed by atoms with van der Waals surface area (Å²) in [6, 6.07) is 11.4. The van der Waals surface area contributed by atoms with E-state index in [0.29, 0.717) is 5.56 Å². The van der Waals surface area contributed by atoms with Gasteiger partial charge in [0.25, 0.3) is 5.91 Å². The summed E-state index contributed by atoms with van der Waals surface area (Å²) < 4.78 is 6.48. The Kier molecular flexibility index (Phi) is 6.32. The van der Waals surface area contributed by atoms with Gasteiger partial charge >= 0.3 is 0 Å². The molecule has 32 heavy (non-hydrogen) atoms. The molecule has 0 spiro atoms. The van der Waals surface area contributed by atoms with Crippen molar-refractivity contribution in [2.75, 3.05) is 5.32 Å². The first-order chi connectivity index (χ1) is 15.3. The third-order valence-electron chi connectivity index (χ3n) is 7.04. The van der Waals surface area contributed by atoms with Gasteiger partial charge in [0.1, 0.15) is 17.1 Å². The first-order valence-corrected chi connectivity index (χ1v) is 11.9. The minimum absolute atomic E-state index is 0.0514. The number of hydrogen-bond donors (Lipinski definition) is 2. The number of nitrogens with one attached hydrogen (secondary N) is 1. The lowest BCUT2D eigenvalue weighted by Crippen LogP contribution is -2.45.